The fraction of sp³-hybridized carbons (Fsp3) is 0.182. The lowest BCUT2D eigenvalue weighted by Crippen LogP contribution is -2.09. The number of aromatic nitrogens is 3. The van der Waals surface area contributed by atoms with E-state index in [9.17, 15) is 21.6 Å². The van der Waals surface area contributed by atoms with Crippen molar-refractivity contribution in [2.45, 2.75) is 13.1 Å². The van der Waals surface area contributed by atoms with Crippen molar-refractivity contribution in [3.63, 3.8) is 0 Å². The molecule has 2 aromatic carbocycles. The number of hydrogen-bond acceptors (Lipinski definition) is 6. The third-order valence-corrected chi connectivity index (χ3v) is 5.55. The van der Waals surface area contributed by atoms with Crippen LogP contribution in [0.5, 0.6) is 11.5 Å². The Balaban J connectivity index is 1.83. The minimum Gasteiger partial charge on any atom is -0.457 e. The van der Waals surface area contributed by atoms with Crippen LogP contribution in [0.15, 0.2) is 54.7 Å². The van der Waals surface area contributed by atoms with Gasteiger partial charge in [-0.2, -0.15) is 13.2 Å². The summed E-state index contributed by atoms with van der Waals surface area (Å²) in [5, 5.41) is 11.3. The van der Waals surface area contributed by atoms with Gasteiger partial charge < -0.3 is 10.1 Å². The molecule has 0 atom stereocenters. The summed E-state index contributed by atoms with van der Waals surface area (Å²) in [4.78, 5) is 0. The van der Waals surface area contributed by atoms with E-state index in [1.807, 2.05) is 0 Å². The molecule has 0 aliphatic carbocycles. The molecule has 0 fully saturated rings. The highest BCUT2D eigenvalue weighted by atomic mass is 32.2. The molecule has 2 N–H and O–H groups in total. The molecule has 0 saturated carbocycles. The zero-order valence-corrected chi connectivity index (χ0v) is 19.1. The molecule has 178 valence electrons. The molecule has 0 unspecified atom stereocenters. The van der Waals surface area contributed by atoms with Gasteiger partial charge in [-0.25, -0.2) is 8.42 Å². The molecule has 0 aliphatic heterocycles. The average Bonchev–Trinajstić information content (AvgIpc) is 3.13. The van der Waals surface area contributed by atoms with Gasteiger partial charge in [0.1, 0.15) is 17.3 Å². The van der Waals surface area contributed by atoms with Crippen LogP contribution in [0.1, 0.15) is 11.4 Å². The molecule has 2 aromatic heterocycles. The fourth-order valence-corrected chi connectivity index (χ4v) is 3.95. The number of nitrogens with one attached hydrogen (secondary N) is 2. The highest BCUT2D eigenvalue weighted by Crippen LogP contribution is 2.38. The van der Waals surface area contributed by atoms with Crippen molar-refractivity contribution in [1.82, 2.24) is 14.6 Å². The average molecular weight is 491 g/mol. The molecule has 0 amide bonds. The molecule has 0 saturated heterocycles. The number of nitrogens with zero attached hydrogens (tertiary/aromatic N) is 3. The first-order valence-electron chi connectivity index (χ1n) is 9.95. The molecule has 2 heterocycles. The lowest BCUT2D eigenvalue weighted by atomic mass is 10.0. The smallest absolute Gasteiger partial charge is 0.416 e. The van der Waals surface area contributed by atoms with E-state index in [0.717, 1.165) is 18.4 Å². The number of anilines is 2. The number of halogens is 3. The van der Waals surface area contributed by atoms with Crippen molar-refractivity contribution in [3.8, 4) is 22.6 Å². The van der Waals surface area contributed by atoms with Crippen LogP contribution in [-0.4, -0.2) is 36.3 Å². The molecule has 0 aliphatic rings. The van der Waals surface area contributed by atoms with E-state index < -0.39 is 21.8 Å². The molecule has 4 aromatic rings. The molecular formula is C22H20F3N5O3S. The van der Waals surface area contributed by atoms with Crippen LogP contribution in [-0.2, 0) is 16.2 Å². The normalized spacial score (nSPS) is 12.1. The van der Waals surface area contributed by atoms with Gasteiger partial charge in [0.2, 0.25) is 10.0 Å². The molecule has 4 rings (SSSR count). The number of benzene rings is 2. The van der Waals surface area contributed by atoms with Crippen LogP contribution in [0.25, 0.3) is 16.8 Å². The van der Waals surface area contributed by atoms with Gasteiger partial charge in [0.05, 0.1) is 17.5 Å². The monoisotopic (exact) mass is 491 g/mol. The second kappa shape index (κ2) is 8.52. The number of rotatable bonds is 6. The molecule has 8 nitrogen and oxygen atoms in total. The van der Waals surface area contributed by atoms with Crippen LogP contribution in [0, 0.1) is 6.92 Å². The van der Waals surface area contributed by atoms with Crippen molar-refractivity contribution in [1.29, 1.82) is 0 Å². The number of alkyl halides is 3. The van der Waals surface area contributed by atoms with Crippen LogP contribution >= 0.6 is 0 Å². The summed E-state index contributed by atoms with van der Waals surface area (Å²) in [7, 11) is -1.82. The third kappa shape index (κ3) is 4.91. The summed E-state index contributed by atoms with van der Waals surface area (Å²) in [6, 6.07) is 10.7. The van der Waals surface area contributed by atoms with Gasteiger partial charge in [-0.05, 0) is 55.5 Å². The fourth-order valence-electron chi connectivity index (χ4n) is 3.40. The predicted molar refractivity (Wildman–Crippen MR) is 123 cm³/mol. The molecule has 0 spiro atoms. The second-order valence-corrected chi connectivity index (χ2v) is 9.29. The van der Waals surface area contributed by atoms with Gasteiger partial charge in [0, 0.05) is 30.1 Å². The van der Waals surface area contributed by atoms with Gasteiger partial charge >= 0.3 is 6.18 Å². The van der Waals surface area contributed by atoms with Crippen molar-refractivity contribution in [2.24, 2.45) is 0 Å². The molecular weight excluding hydrogens is 471 g/mol. The topological polar surface area (TPSA) is 97.6 Å². The number of aryl methyl sites for hydroxylation is 1. The largest absolute Gasteiger partial charge is 0.457 e. The molecule has 34 heavy (non-hydrogen) atoms. The first kappa shape index (κ1) is 23.4. The van der Waals surface area contributed by atoms with Crippen molar-refractivity contribution in [3.05, 3.63) is 66.1 Å². The van der Waals surface area contributed by atoms with Crippen LogP contribution < -0.4 is 14.8 Å². The molecule has 0 bridgehead atoms. The summed E-state index contributed by atoms with van der Waals surface area (Å²) in [6.07, 6.45) is -1.66. The van der Waals surface area contributed by atoms with E-state index in [2.05, 4.69) is 20.2 Å². The van der Waals surface area contributed by atoms with Gasteiger partial charge in [0.15, 0.2) is 5.65 Å². The number of pyridine rings is 1. The summed E-state index contributed by atoms with van der Waals surface area (Å²) in [5.41, 5.74) is 1.90. The number of fused-ring (bicyclic) bond motifs is 1. The summed E-state index contributed by atoms with van der Waals surface area (Å²) in [6.45, 7) is 1.78. The Morgan fingerprint density at radius 3 is 2.35 bits per heavy atom. The Hall–Kier alpha value is -3.80. The highest BCUT2D eigenvalue weighted by molar-refractivity contribution is 7.92. The van der Waals surface area contributed by atoms with E-state index in [1.54, 1.807) is 42.8 Å². The van der Waals surface area contributed by atoms with Crippen molar-refractivity contribution >= 4 is 27.0 Å². The Labute approximate surface area is 193 Å². The second-order valence-electron chi connectivity index (χ2n) is 7.54. The van der Waals surface area contributed by atoms with E-state index >= 15 is 0 Å². The predicted octanol–water partition coefficient (Wildman–Crippen LogP) is 4.93. The summed E-state index contributed by atoms with van der Waals surface area (Å²) in [5.74, 6) is 1.13. The lowest BCUT2D eigenvalue weighted by Gasteiger charge is -2.16. The SMILES string of the molecule is CNc1cc(-c2cc(NS(C)(=O)=O)ccc2Oc2ccc(C(F)(F)F)cc2)cn2c(C)nnc12. The lowest BCUT2D eigenvalue weighted by molar-refractivity contribution is -0.137. The first-order valence-corrected chi connectivity index (χ1v) is 11.8. The first-order chi connectivity index (χ1) is 15.9. The highest BCUT2D eigenvalue weighted by Gasteiger charge is 2.30. The van der Waals surface area contributed by atoms with Crippen molar-refractivity contribution < 1.29 is 26.3 Å². The van der Waals surface area contributed by atoms with Crippen LogP contribution in [0.3, 0.4) is 0 Å². The quantitative estimate of drug-likeness (QED) is 0.397. The number of sulfonamides is 1. The van der Waals surface area contributed by atoms with Gasteiger partial charge in [0.25, 0.3) is 0 Å². The third-order valence-electron chi connectivity index (χ3n) is 4.95. The van der Waals surface area contributed by atoms with Gasteiger partial charge in [-0.15, -0.1) is 10.2 Å². The molecule has 0 radical (unpaired) electrons. The maximum atomic E-state index is 12.9. The minimum atomic E-state index is -4.46. The Morgan fingerprint density at radius 2 is 1.74 bits per heavy atom. The standard InChI is InChI=1S/C22H20F3N5O3S/c1-13-27-28-21-19(26-2)10-14(12-30(13)21)18-11-16(29-34(3,31)32)6-9-20(18)33-17-7-4-15(5-8-17)22(23,24)25/h4-12,26,29H,1-3H3. The van der Waals surface area contributed by atoms with E-state index in [1.165, 1.54) is 18.2 Å². The number of ether oxygens (including phenoxy) is 1. The van der Waals surface area contributed by atoms with Gasteiger partial charge in [-0.3, -0.25) is 9.12 Å². The molecule has 12 heteroatoms. The Morgan fingerprint density at radius 1 is 1.03 bits per heavy atom. The van der Waals surface area contributed by atoms with Crippen LogP contribution in [0.4, 0.5) is 24.5 Å². The summed E-state index contributed by atoms with van der Waals surface area (Å²) >= 11 is 0. The van der Waals surface area contributed by atoms with Crippen molar-refractivity contribution in [2.75, 3.05) is 23.3 Å². The maximum absolute atomic E-state index is 12.9. The Kier molecular flexibility index (Phi) is 5.86. The summed E-state index contributed by atoms with van der Waals surface area (Å²) < 4.78 is 72.3. The van der Waals surface area contributed by atoms with E-state index in [-0.39, 0.29) is 5.75 Å². The van der Waals surface area contributed by atoms with E-state index in [4.69, 9.17) is 4.74 Å². The zero-order valence-electron chi connectivity index (χ0n) is 18.3. The zero-order chi connectivity index (χ0) is 24.7. The van der Waals surface area contributed by atoms with E-state index in [0.29, 0.717) is 39.7 Å². The van der Waals surface area contributed by atoms with Crippen LogP contribution in [0.2, 0.25) is 0 Å². The maximum Gasteiger partial charge on any atom is 0.416 e. The minimum absolute atomic E-state index is 0.188. The Bertz CT molecular complexity index is 1470. The number of hydrogen-bond donors (Lipinski definition) is 2. The van der Waals surface area contributed by atoms with Gasteiger partial charge in [-0.1, -0.05) is 0 Å².